The number of ether oxygens (including phenoxy) is 1. The maximum atomic E-state index is 11.5. The highest BCUT2D eigenvalue weighted by molar-refractivity contribution is 5.89. The lowest BCUT2D eigenvalue weighted by molar-refractivity contribution is -0.117. The van der Waals surface area contributed by atoms with Gasteiger partial charge in [-0.05, 0) is 21.9 Å². The van der Waals surface area contributed by atoms with Crippen molar-refractivity contribution in [3.05, 3.63) is 63.8 Å². The molecule has 0 bridgehead atoms. The molecule has 1 aromatic carbocycles. The van der Waals surface area contributed by atoms with Crippen LogP contribution in [0.2, 0.25) is 0 Å². The van der Waals surface area contributed by atoms with E-state index in [4.69, 9.17) is 4.74 Å². The van der Waals surface area contributed by atoms with Gasteiger partial charge in [0.25, 0.3) is 0 Å². The molecule has 19 heavy (non-hydrogen) atoms. The number of carbonyl (C=O) groups excluding carboxylic acids is 1. The molecule has 0 unspecified atom stereocenters. The predicted molar refractivity (Wildman–Crippen MR) is 74.2 cm³/mol. The monoisotopic (exact) mass is 248 g/mol. The van der Waals surface area contributed by atoms with E-state index in [1.165, 1.54) is 11.1 Å². The first kappa shape index (κ1) is 10.6. The van der Waals surface area contributed by atoms with Gasteiger partial charge in [0.05, 0.1) is 12.5 Å². The van der Waals surface area contributed by atoms with Gasteiger partial charge < -0.3 is 4.74 Å². The second-order valence-electron chi connectivity index (χ2n) is 4.99. The van der Waals surface area contributed by atoms with Crippen LogP contribution in [0.5, 0.6) is 0 Å². The molecule has 2 heteroatoms. The summed E-state index contributed by atoms with van der Waals surface area (Å²) in [5, 5.41) is 2.24. The molecule has 4 rings (SSSR count). The van der Waals surface area contributed by atoms with E-state index < -0.39 is 0 Å². The summed E-state index contributed by atoms with van der Waals surface area (Å²) in [6, 6.07) is 4.16. The van der Waals surface area contributed by atoms with Crippen molar-refractivity contribution in [2.75, 3.05) is 0 Å². The summed E-state index contributed by atoms with van der Waals surface area (Å²) in [6.45, 7) is 0. The molecule has 0 N–H and O–H groups in total. The molecule has 1 aromatic rings. The number of hydrogen-bond acceptors (Lipinski definition) is 2. The smallest absolute Gasteiger partial charge is 0.141 e. The van der Waals surface area contributed by atoms with E-state index in [1.54, 1.807) is 12.5 Å². The summed E-state index contributed by atoms with van der Waals surface area (Å²) in [6.07, 6.45) is 12.8. The number of fused-ring (bicyclic) bond motifs is 5. The number of Topliss-reactive ketones (excluding diaryl/α,β-unsaturated/α-hetero) is 1. The Morgan fingerprint density at radius 1 is 1.11 bits per heavy atom. The molecule has 0 amide bonds. The third-order valence-corrected chi connectivity index (χ3v) is 3.82. The fourth-order valence-electron chi connectivity index (χ4n) is 2.90. The summed E-state index contributed by atoms with van der Waals surface area (Å²) in [5.74, 6) is 0.280. The quantitative estimate of drug-likeness (QED) is 0.697. The van der Waals surface area contributed by atoms with Crippen LogP contribution in [0.3, 0.4) is 0 Å². The van der Waals surface area contributed by atoms with E-state index in [-0.39, 0.29) is 5.78 Å². The van der Waals surface area contributed by atoms with E-state index in [0.29, 0.717) is 12.8 Å². The summed E-state index contributed by atoms with van der Waals surface area (Å²) in [5.41, 5.74) is 4.57. The van der Waals surface area contributed by atoms with Crippen molar-refractivity contribution in [2.24, 2.45) is 0 Å². The van der Waals surface area contributed by atoms with Crippen LogP contribution in [0.25, 0.3) is 17.9 Å². The standard InChI is InChI=1S/C17H12O2/c18-13-5-7-15-11(8-13)4-6-16-14-3-1-2-12(14)9-19-10-17(15)16/h1-4,6-7,9-10H,5,8H2. The van der Waals surface area contributed by atoms with Gasteiger partial charge >= 0.3 is 0 Å². The molecule has 0 radical (unpaired) electrons. The van der Waals surface area contributed by atoms with Gasteiger partial charge in [-0.25, -0.2) is 0 Å². The van der Waals surface area contributed by atoms with Gasteiger partial charge in [-0.3, -0.25) is 4.79 Å². The number of hydrogen-bond donors (Lipinski definition) is 0. The third kappa shape index (κ3) is 1.53. The number of carbonyl (C=O) groups is 1. The van der Waals surface area contributed by atoms with Crippen molar-refractivity contribution in [3.63, 3.8) is 0 Å². The van der Waals surface area contributed by atoms with Crippen molar-refractivity contribution >= 4 is 23.7 Å². The van der Waals surface area contributed by atoms with Gasteiger partial charge in [0, 0.05) is 23.6 Å². The fraction of sp³-hybridized carbons (Fsp3) is 0.118. The Hall–Kier alpha value is -2.35. The summed E-state index contributed by atoms with van der Waals surface area (Å²) in [7, 11) is 0. The van der Waals surface area contributed by atoms with Gasteiger partial charge in [0.1, 0.15) is 5.78 Å². The summed E-state index contributed by atoms with van der Waals surface area (Å²) in [4.78, 5) is 11.5. The second kappa shape index (κ2) is 3.82. The normalized spacial score (nSPS) is 18.8. The van der Waals surface area contributed by atoms with Crippen LogP contribution in [0.15, 0.2) is 42.2 Å². The molecule has 3 aliphatic rings. The Bertz CT molecular complexity index is 804. The number of rotatable bonds is 0. The molecule has 0 fully saturated rings. The van der Waals surface area contributed by atoms with E-state index >= 15 is 0 Å². The summed E-state index contributed by atoms with van der Waals surface area (Å²) >= 11 is 0. The van der Waals surface area contributed by atoms with Gasteiger partial charge in [0.2, 0.25) is 0 Å². The third-order valence-electron chi connectivity index (χ3n) is 3.82. The van der Waals surface area contributed by atoms with Crippen LogP contribution in [0.1, 0.15) is 17.5 Å². The topological polar surface area (TPSA) is 26.3 Å². The van der Waals surface area contributed by atoms with Crippen molar-refractivity contribution < 1.29 is 9.53 Å². The van der Waals surface area contributed by atoms with Crippen molar-refractivity contribution in [1.29, 1.82) is 0 Å². The molecule has 2 aliphatic carbocycles. The van der Waals surface area contributed by atoms with Crippen molar-refractivity contribution in [3.8, 4) is 0 Å². The Balaban J connectivity index is 2.04. The SMILES string of the molecule is O=C1CC=c2c(ccc3c2=COC=C2C=CC=C23)C1. The van der Waals surface area contributed by atoms with Crippen LogP contribution in [0.4, 0.5) is 0 Å². The number of benzene rings is 1. The second-order valence-corrected chi connectivity index (χ2v) is 4.99. The maximum absolute atomic E-state index is 11.5. The molecule has 0 saturated carbocycles. The van der Waals surface area contributed by atoms with Gasteiger partial charge in [0.15, 0.2) is 0 Å². The zero-order chi connectivity index (χ0) is 12.8. The average molecular weight is 248 g/mol. The molecule has 92 valence electrons. The number of allylic oxidation sites excluding steroid dienone is 5. The highest BCUT2D eigenvalue weighted by atomic mass is 16.5. The first-order valence-corrected chi connectivity index (χ1v) is 6.42. The lowest BCUT2D eigenvalue weighted by atomic mass is 9.91. The molecule has 0 atom stereocenters. The zero-order valence-electron chi connectivity index (χ0n) is 10.3. The van der Waals surface area contributed by atoms with Crippen molar-refractivity contribution in [1.82, 2.24) is 0 Å². The average Bonchev–Trinajstić information content (AvgIpc) is 2.80. The first-order chi connectivity index (χ1) is 9.33. The Morgan fingerprint density at radius 2 is 2.05 bits per heavy atom. The largest absolute Gasteiger partial charge is 0.471 e. The van der Waals surface area contributed by atoms with Crippen LogP contribution in [0, 0.1) is 0 Å². The fourth-order valence-corrected chi connectivity index (χ4v) is 2.90. The highest BCUT2D eigenvalue weighted by Crippen LogP contribution is 2.27. The molecule has 0 saturated heterocycles. The van der Waals surface area contributed by atoms with E-state index in [9.17, 15) is 4.79 Å². The summed E-state index contributed by atoms with van der Waals surface area (Å²) < 4.78 is 5.54. The molecule has 1 heterocycles. The Kier molecular flexibility index (Phi) is 2.12. The molecule has 1 aliphatic heterocycles. The minimum absolute atomic E-state index is 0.280. The van der Waals surface area contributed by atoms with E-state index in [2.05, 4.69) is 18.2 Å². The highest BCUT2D eigenvalue weighted by Gasteiger charge is 2.17. The zero-order valence-corrected chi connectivity index (χ0v) is 10.3. The lowest BCUT2D eigenvalue weighted by Crippen LogP contribution is -2.35. The molecule has 0 spiro atoms. The van der Waals surface area contributed by atoms with E-state index in [1.807, 2.05) is 18.2 Å². The minimum atomic E-state index is 0.280. The molecular weight excluding hydrogens is 236 g/mol. The first-order valence-electron chi connectivity index (χ1n) is 6.42. The van der Waals surface area contributed by atoms with Crippen LogP contribution < -0.4 is 10.4 Å². The van der Waals surface area contributed by atoms with Gasteiger partial charge in [-0.2, -0.15) is 0 Å². The molecule has 0 aromatic heterocycles. The van der Waals surface area contributed by atoms with Crippen LogP contribution >= 0.6 is 0 Å². The predicted octanol–water partition coefficient (Wildman–Crippen LogP) is 1.59. The molecular formula is C17H12O2. The van der Waals surface area contributed by atoms with Crippen LogP contribution in [-0.2, 0) is 16.0 Å². The van der Waals surface area contributed by atoms with Gasteiger partial charge in [-0.1, -0.05) is 36.4 Å². The van der Waals surface area contributed by atoms with Gasteiger partial charge in [-0.15, -0.1) is 0 Å². The number of ketones is 1. The van der Waals surface area contributed by atoms with Crippen LogP contribution in [-0.4, -0.2) is 5.78 Å². The maximum Gasteiger partial charge on any atom is 0.141 e. The van der Waals surface area contributed by atoms with E-state index in [0.717, 1.165) is 21.6 Å². The Morgan fingerprint density at radius 3 is 3.00 bits per heavy atom. The lowest BCUT2D eigenvalue weighted by Gasteiger charge is -2.11. The minimum Gasteiger partial charge on any atom is -0.471 e. The molecule has 2 nitrogen and oxygen atoms in total. The Labute approximate surface area is 110 Å². The van der Waals surface area contributed by atoms with Crippen molar-refractivity contribution in [2.45, 2.75) is 12.8 Å².